The molecule has 2 saturated heterocycles. The van der Waals surface area contributed by atoms with Gasteiger partial charge in [-0.15, -0.1) is 0 Å². The summed E-state index contributed by atoms with van der Waals surface area (Å²) in [5.41, 5.74) is 2.87. The first kappa shape index (κ1) is 17.4. The third kappa shape index (κ3) is 3.76. The number of nitrogens with zero attached hydrogens (tertiary/aromatic N) is 1. The highest BCUT2D eigenvalue weighted by atomic mass is 16.5. The van der Waals surface area contributed by atoms with Gasteiger partial charge in [-0.1, -0.05) is 24.3 Å². The summed E-state index contributed by atoms with van der Waals surface area (Å²) in [5, 5.41) is 14.4. The molecule has 1 aromatic carbocycles. The van der Waals surface area contributed by atoms with Crippen molar-refractivity contribution in [3.8, 4) is 0 Å². The second kappa shape index (κ2) is 7.72. The van der Waals surface area contributed by atoms with Crippen LogP contribution in [0.15, 0.2) is 24.3 Å². The number of hydrogen-bond donors (Lipinski definition) is 2. The molecule has 0 amide bonds. The highest BCUT2D eigenvalue weighted by Crippen LogP contribution is 2.25. The number of ether oxygens (including phenoxy) is 2. The van der Waals surface area contributed by atoms with Crippen LogP contribution in [0, 0.1) is 0 Å². The first-order chi connectivity index (χ1) is 12.2. The molecule has 4 atom stereocenters. The molecule has 0 bridgehead atoms. The number of fused-ring (bicyclic) bond motifs is 1. The smallest absolute Gasteiger partial charge is 0.0989 e. The lowest BCUT2D eigenvalue weighted by atomic mass is 10.1. The standard InChI is InChI=1S/C20H30N2O3/c1-24-12-17-7-4-8-22(17)11-19-20(23)18(13-25-19)21-16-9-14-5-2-3-6-15(14)10-16/h2-3,5-6,16-21,23H,4,7-13H2,1H3. The van der Waals surface area contributed by atoms with Crippen molar-refractivity contribution in [1.29, 1.82) is 0 Å². The van der Waals surface area contributed by atoms with Gasteiger partial charge in [0.1, 0.15) is 0 Å². The van der Waals surface area contributed by atoms with Crippen LogP contribution in [0.3, 0.4) is 0 Å². The maximum Gasteiger partial charge on any atom is 0.0989 e. The van der Waals surface area contributed by atoms with Crippen molar-refractivity contribution in [2.24, 2.45) is 0 Å². The molecule has 0 radical (unpaired) electrons. The Morgan fingerprint density at radius 3 is 2.76 bits per heavy atom. The van der Waals surface area contributed by atoms with Gasteiger partial charge in [-0.25, -0.2) is 0 Å². The van der Waals surface area contributed by atoms with Crippen molar-refractivity contribution < 1.29 is 14.6 Å². The van der Waals surface area contributed by atoms with Crippen LogP contribution in [0.25, 0.3) is 0 Å². The van der Waals surface area contributed by atoms with E-state index >= 15 is 0 Å². The molecule has 4 rings (SSSR count). The average Bonchev–Trinajstić information content (AvgIpc) is 3.30. The molecule has 138 valence electrons. The number of methoxy groups -OCH3 is 1. The van der Waals surface area contributed by atoms with Gasteiger partial charge in [0.2, 0.25) is 0 Å². The number of hydrogen-bond acceptors (Lipinski definition) is 5. The monoisotopic (exact) mass is 346 g/mol. The molecule has 5 heteroatoms. The van der Waals surface area contributed by atoms with Gasteiger partial charge in [-0.05, 0) is 43.4 Å². The Morgan fingerprint density at radius 1 is 1.28 bits per heavy atom. The van der Waals surface area contributed by atoms with E-state index in [1.807, 2.05) is 0 Å². The normalized spacial score (nSPS) is 33.2. The molecule has 3 aliphatic rings. The maximum atomic E-state index is 10.8. The summed E-state index contributed by atoms with van der Waals surface area (Å²) in [6.07, 6.45) is 3.95. The second-order valence-electron chi connectivity index (χ2n) is 7.76. The van der Waals surface area contributed by atoms with E-state index in [-0.39, 0.29) is 12.1 Å². The van der Waals surface area contributed by atoms with E-state index in [4.69, 9.17) is 9.47 Å². The lowest BCUT2D eigenvalue weighted by molar-refractivity contribution is 0.00436. The highest BCUT2D eigenvalue weighted by molar-refractivity contribution is 5.33. The molecule has 2 N–H and O–H groups in total. The predicted octanol–water partition coefficient (Wildman–Crippen LogP) is 0.983. The number of aliphatic hydroxyl groups is 1. The molecule has 2 aliphatic heterocycles. The van der Waals surface area contributed by atoms with Crippen molar-refractivity contribution in [3.05, 3.63) is 35.4 Å². The summed E-state index contributed by atoms with van der Waals surface area (Å²) in [6.45, 7) is 3.25. The predicted molar refractivity (Wildman–Crippen MR) is 96.8 cm³/mol. The van der Waals surface area contributed by atoms with Gasteiger partial charge in [-0.3, -0.25) is 4.90 Å². The molecule has 25 heavy (non-hydrogen) atoms. The summed E-state index contributed by atoms with van der Waals surface area (Å²) in [7, 11) is 1.76. The number of likely N-dealkylation sites (tertiary alicyclic amines) is 1. The van der Waals surface area contributed by atoms with Crippen molar-refractivity contribution in [2.75, 3.05) is 33.4 Å². The summed E-state index contributed by atoms with van der Waals surface area (Å²) < 4.78 is 11.3. The molecular weight excluding hydrogens is 316 g/mol. The van der Waals surface area contributed by atoms with Crippen LogP contribution < -0.4 is 5.32 Å². The Kier molecular flexibility index (Phi) is 5.39. The fourth-order valence-electron chi connectivity index (χ4n) is 4.72. The van der Waals surface area contributed by atoms with Crippen molar-refractivity contribution in [2.45, 2.75) is 56.0 Å². The van der Waals surface area contributed by atoms with E-state index in [0.29, 0.717) is 18.7 Å². The van der Waals surface area contributed by atoms with Crippen molar-refractivity contribution >= 4 is 0 Å². The lowest BCUT2D eigenvalue weighted by Gasteiger charge is -2.28. The van der Waals surface area contributed by atoms with E-state index in [1.54, 1.807) is 7.11 Å². The number of rotatable bonds is 6. The van der Waals surface area contributed by atoms with Gasteiger partial charge in [0.15, 0.2) is 0 Å². The Hall–Kier alpha value is -0.980. The van der Waals surface area contributed by atoms with Gasteiger partial charge in [-0.2, -0.15) is 0 Å². The summed E-state index contributed by atoms with van der Waals surface area (Å²) >= 11 is 0. The molecule has 1 aliphatic carbocycles. The van der Waals surface area contributed by atoms with Crippen LogP contribution in [0.1, 0.15) is 24.0 Å². The van der Waals surface area contributed by atoms with E-state index in [0.717, 1.165) is 32.5 Å². The fourth-order valence-corrected chi connectivity index (χ4v) is 4.72. The number of benzene rings is 1. The Labute approximate surface area is 150 Å². The van der Waals surface area contributed by atoms with Crippen molar-refractivity contribution in [3.63, 3.8) is 0 Å². The summed E-state index contributed by atoms with van der Waals surface area (Å²) in [5.74, 6) is 0. The third-order valence-electron chi connectivity index (χ3n) is 6.06. The Balaban J connectivity index is 1.29. The van der Waals surface area contributed by atoms with Gasteiger partial charge >= 0.3 is 0 Å². The van der Waals surface area contributed by atoms with E-state index in [9.17, 15) is 5.11 Å². The third-order valence-corrected chi connectivity index (χ3v) is 6.06. The minimum Gasteiger partial charge on any atom is -0.389 e. The second-order valence-corrected chi connectivity index (χ2v) is 7.76. The van der Waals surface area contributed by atoms with Crippen LogP contribution in [0.4, 0.5) is 0 Å². The van der Waals surface area contributed by atoms with Crippen LogP contribution >= 0.6 is 0 Å². The van der Waals surface area contributed by atoms with E-state index < -0.39 is 6.10 Å². The lowest BCUT2D eigenvalue weighted by Crippen LogP contribution is -2.49. The molecule has 0 saturated carbocycles. The molecule has 0 spiro atoms. The molecular formula is C20H30N2O3. The minimum atomic E-state index is -0.437. The zero-order valence-corrected chi connectivity index (χ0v) is 15.1. The molecule has 4 unspecified atom stereocenters. The zero-order chi connectivity index (χ0) is 17.2. The summed E-state index contributed by atoms with van der Waals surface area (Å²) in [6, 6.07) is 9.56. The van der Waals surface area contributed by atoms with E-state index in [1.165, 1.54) is 24.0 Å². The number of aliphatic hydroxyl groups excluding tert-OH is 1. The van der Waals surface area contributed by atoms with Gasteiger partial charge in [0.25, 0.3) is 0 Å². The Bertz CT molecular complexity index is 557. The summed E-state index contributed by atoms with van der Waals surface area (Å²) in [4.78, 5) is 2.42. The molecule has 1 aromatic rings. The molecule has 2 fully saturated rings. The van der Waals surface area contributed by atoms with Crippen LogP contribution in [-0.2, 0) is 22.3 Å². The molecule has 5 nitrogen and oxygen atoms in total. The maximum absolute atomic E-state index is 10.8. The highest BCUT2D eigenvalue weighted by Gasteiger charge is 2.40. The minimum absolute atomic E-state index is 0.0350. The fraction of sp³-hybridized carbons (Fsp3) is 0.700. The average molecular weight is 346 g/mol. The quantitative estimate of drug-likeness (QED) is 0.804. The van der Waals surface area contributed by atoms with E-state index in [2.05, 4.69) is 34.5 Å². The molecule has 0 aromatic heterocycles. The van der Waals surface area contributed by atoms with Gasteiger partial charge < -0.3 is 19.9 Å². The number of nitrogens with one attached hydrogen (secondary N) is 1. The van der Waals surface area contributed by atoms with Gasteiger partial charge in [0, 0.05) is 25.7 Å². The topological polar surface area (TPSA) is 54.0 Å². The Morgan fingerprint density at radius 2 is 2.04 bits per heavy atom. The van der Waals surface area contributed by atoms with Gasteiger partial charge in [0.05, 0.1) is 31.5 Å². The first-order valence-electron chi connectivity index (χ1n) is 9.60. The van der Waals surface area contributed by atoms with Crippen LogP contribution in [0.2, 0.25) is 0 Å². The van der Waals surface area contributed by atoms with Crippen LogP contribution in [0.5, 0.6) is 0 Å². The van der Waals surface area contributed by atoms with Crippen molar-refractivity contribution in [1.82, 2.24) is 10.2 Å². The largest absolute Gasteiger partial charge is 0.389 e. The molecule has 2 heterocycles. The van der Waals surface area contributed by atoms with Crippen LogP contribution in [-0.4, -0.2) is 73.8 Å². The zero-order valence-electron chi connectivity index (χ0n) is 15.1. The first-order valence-corrected chi connectivity index (χ1v) is 9.60. The SMILES string of the molecule is COCC1CCCN1CC1OCC(NC2Cc3ccccc3C2)C1O.